The number of anilines is 3. The minimum Gasteiger partial charge on any atom is -0.508 e. The average molecular weight is 446 g/mol. The molecule has 3 aromatic rings. The van der Waals surface area contributed by atoms with Crippen LogP contribution in [0.2, 0.25) is 0 Å². The molecule has 4 rings (SSSR count). The number of phenols is 1. The molecule has 0 saturated carbocycles. The van der Waals surface area contributed by atoms with Crippen molar-refractivity contribution in [1.82, 2.24) is 0 Å². The summed E-state index contributed by atoms with van der Waals surface area (Å²) in [4.78, 5) is 28.2. The number of nitrogens with one attached hydrogen (secondary N) is 1. The number of nitrogens with zero attached hydrogens (tertiary/aromatic N) is 2. The van der Waals surface area contributed by atoms with E-state index in [1.807, 2.05) is 55.5 Å². The molecule has 7 nitrogen and oxygen atoms in total. The van der Waals surface area contributed by atoms with Crippen LogP contribution in [0.1, 0.15) is 28.8 Å². The fourth-order valence-electron chi connectivity index (χ4n) is 4.01. The number of rotatable bonds is 6. The molecule has 0 bridgehead atoms. The number of carbonyl (C=O) groups excluding carboxylic acids is 1. The quantitative estimate of drug-likeness (QED) is 0.528. The summed E-state index contributed by atoms with van der Waals surface area (Å²) in [5, 5.41) is 22.3. The van der Waals surface area contributed by atoms with E-state index in [2.05, 4.69) is 15.1 Å². The van der Waals surface area contributed by atoms with E-state index in [1.54, 1.807) is 24.3 Å². The Hall–Kier alpha value is -4.00. The number of para-hydroxylation sites is 1. The lowest BCUT2D eigenvalue weighted by Gasteiger charge is -2.37. The molecule has 3 N–H and O–H groups in total. The van der Waals surface area contributed by atoms with Crippen molar-refractivity contribution in [3.05, 3.63) is 83.9 Å². The molecule has 0 aromatic heterocycles. The van der Waals surface area contributed by atoms with Crippen LogP contribution < -0.4 is 15.1 Å². The van der Waals surface area contributed by atoms with Crippen LogP contribution in [-0.2, 0) is 4.79 Å². The maximum Gasteiger partial charge on any atom is 0.335 e. The second kappa shape index (κ2) is 9.65. The number of hydrogen-bond acceptors (Lipinski definition) is 5. The highest BCUT2D eigenvalue weighted by Gasteiger charge is 2.21. The lowest BCUT2D eigenvalue weighted by atomic mass is 9.98. The van der Waals surface area contributed by atoms with Crippen molar-refractivity contribution in [2.24, 2.45) is 0 Å². The lowest BCUT2D eigenvalue weighted by molar-refractivity contribution is -0.117. The zero-order valence-electron chi connectivity index (χ0n) is 18.4. The molecule has 1 saturated heterocycles. The molecule has 0 radical (unpaired) electrons. The molecular weight excluding hydrogens is 418 g/mol. The van der Waals surface area contributed by atoms with Crippen LogP contribution in [0.3, 0.4) is 0 Å². The molecule has 3 aromatic carbocycles. The monoisotopic (exact) mass is 445 g/mol. The van der Waals surface area contributed by atoms with Gasteiger partial charge in [0.05, 0.1) is 11.5 Å². The van der Waals surface area contributed by atoms with Crippen LogP contribution in [0.4, 0.5) is 17.1 Å². The van der Waals surface area contributed by atoms with Crippen molar-refractivity contribution in [3.63, 3.8) is 0 Å². The first-order valence-electron chi connectivity index (χ1n) is 10.9. The number of carboxylic acids is 1. The predicted molar refractivity (Wildman–Crippen MR) is 129 cm³/mol. The topological polar surface area (TPSA) is 93.1 Å². The standard InChI is InChI=1S/C26H27N3O4/c1-18(25(31)27-21-5-3-2-4-6-21)20-15-23(17-24(30)16-20)29-13-11-28(12-14-29)22-9-7-19(8-10-22)26(32)33/h2-10,15-18,30H,11-14H2,1H3,(H,27,31)(H,32,33). The molecule has 1 heterocycles. The molecule has 1 unspecified atom stereocenters. The zero-order valence-corrected chi connectivity index (χ0v) is 18.4. The first-order chi connectivity index (χ1) is 15.9. The summed E-state index contributed by atoms with van der Waals surface area (Å²) in [5.74, 6) is -1.36. The van der Waals surface area contributed by atoms with E-state index in [0.29, 0.717) is 0 Å². The van der Waals surface area contributed by atoms with Crippen LogP contribution in [0, 0.1) is 0 Å². The minimum absolute atomic E-state index is 0.132. The fourth-order valence-corrected chi connectivity index (χ4v) is 4.01. The molecular formula is C26H27N3O4. The summed E-state index contributed by atoms with van der Waals surface area (Å²) in [7, 11) is 0. The van der Waals surface area contributed by atoms with Crippen LogP contribution >= 0.6 is 0 Å². The molecule has 1 aliphatic rings. The summed E-state index contributed by atoms with van der Waals surface area (Å²) in [5.41, 5.74) is 3.63. The molecule has 7 heteroatoms. The largest absolute Gasteiger partial charge is 0.508 e. The molecule has 170 valence electrons. The highest BCUT2D eigenvalue weighted by Crippen LogP contribution is 2.30. The molecule has 1 fully saturated rings. The summed E-state index contributed by atoms with van der Waals surface area (Å²) < 4.78 is 0. The number of carbonyl (C=O) groups is 2. The number of piperazine rings is 1. The van der Waals surface area contributed by atoms with Gasteiger partial charge in [-0.25, -0.2) is 4.79 Å². The van der Waals surface area contributed by atoms with Gasteiger partial charge in [0.25, 0.3) is 0 Å². The van der Waals surface area contributed by atoms with Crippen LogP contribution in [0.25, 0.3) is 0 Å². The first-order valence-corrected chi connectivity index (χ1v) is 10.9. The van der Waals surface area contributed by atoms with E-state index in [0.717, 1.165) is 48.8 Å². The molecule has 1 aliphatic heterocycles. The van der Waals surface area contributed by atoms with Crippen molar-refractivity contribution < 1.29 is 19.8 Å². The SMILES string of the molecule is CC(C(=O)Nc1ccccc1)c1cc(O)cc(N2CCN(c3ccc(C(=O)O)cc3)CC2)c1. The van der Waals surface area contributed by atoms with Crippen molar-refractivity contribution in [3.8, 4) is 5.75 Å². The van der Waals surface area contributed by atoms with Crippen molar-refractivity contribution in [2.45, 2.75) is 12.8 Å². The molecule has 1 amide bonds. The Morgan fingerprint density at radius 1 is 0.848 bits per heavy atom. The first kappa shape index (κ1) is 22.2. The minimum atomic E-state index is -0.933. The second-order valence-corrected chi connectivity index (χ2v) is 8.19. The summed E-state index contributed by atoms with van der Waals surface area (Å²) in [6.07, 6.45) is 0. The van der Waals surface area contributed by atoms with Gasteiger partial charge in [0, 0.05) is 49.3 Å². The molecule has 1 atom stereocenters. The van der Waals surface area contributed by atoms with E-state index < -0.39 is 11.9 Å². The number of phenolic OH excluding ortho intramolecular Hbond substituents is 1. The average Bonchev–Trinajstić information content (AvgIpc) is 2.84. The molecule has 0 aliphatic carbocycles. The number of carboxylic acid groups (broad SMARTS) is 1. The zero-order chi connectivity index (χ0) is 23.4. The molecule has 33 heavy (non-hydrogen) atoms. The maximum atomic E-state index is 12.7. The third-order valence-electron chi connectivity index (χ3n) is 5.98. The van der Waals surface area contributed by atoms with E-state index >= 15 is 0 Å². The summed E-state index contributed by atoms with van der Waals surface area (Å²) in [6, 6.07) is 21.5. The van der Waals surface area contributed by atoms with Gasteiger partial charge in [-0.15, -0.1) is 0 Å². The molecule has 0 spiro atoms. The lowest BCUT2D eigenvalue weighted by Crippen LogP contribution is -2.46. The van der Waals surface area contributed by atoms with Gasteiger partial charge >= 0.3 is 5.97 Å². The number of aromatic carboxylic acids is 1. The maximum absolute atomic E-state index is 12.7. The number of benzene rings is 3. The second-order valence-electron chi connectivity index (χ2n) is 8.19. The number of amides is 1. The van der Waals surface area contributed by atoms with Crippen molar-refractivity contribution in [2.75, 3.05) is 41.3 Å². The normalized spacial score (nSPS) is 14.6. The van der Waals surface area contributed by atoms with Gasteiger partial charge in [0.2, 0.25) is 5.91 Å². The van der Waals surface area contributed by atoms with Gasteiger partial charge < -0.3 is 25.3 Å². The van der Waals surface area contributed by atoms with Crippen LogP contribution in [0.15, 0.2) is 72.8 Å². The Labute approximate surface area is 192 Å². The number of aromatic hydroxyl groups is 1. The highest BCUT2D eigenvalue weighted by molar-refractivity contribution is 5.95. The Bertz CT molecular complexity index is 1120. The highest BCUT2D eigenvalue weighted by atomic mass is 16.4. The van der Waals surface area contributed by atoms with Gasteiger partial charge in [-0.3, -0.25) is 4.79 Å². The van der Waals surface area contributed by atoms with E-state index in [1.165, 1.54) is 0 Å². The van der Waals surface area contributed by atoms with Gasteiger partial charge in [-0.1, -0.05) is 18.2 Å². The summed E-state index contributed by atoms with van der Waals surface area (Å²) >= 11 is 0. The van der Waals surface area contributed by atoms with Gasteiger partial charge in [-0.05, 0) is 61.0 Å². The third kappa shape index (κ3) is 5.26. The Balaban J connectivity index is 1.42. The van der Waals surface area contributed by atoms with Gasteiger partial charge in [-0.2, -0.15) is 0 Å². The van der Waals surface area contributed by atoms with Gasteiger partial charge in [0.1, 0.15) is 5.75 Å². The van der Waals surface area contributed by atoms with Crippen molar-refractivity contribution in [1.29, 1.82) is 0 Å². The predicted octanol–water partition coefficient (Wildman–Crippen LogP) is 4.16. The fraction of sp³-hybridized carbons (Fsp3) is 0.231. The van der Waals surface area contributed by atoms with Crippen molar-refractivity contribution >= 4 is 28.9 Å². The van der Waals surface area contributed by atoms with Gasteiger partial charge in [0.15, 0.2) is 0 Å². The van der Waals surface area contributed by atoms with E-state index in [9.17, 15) is 14.7 Å². The smallest absolute Gasteiger partial charge is 0.335 e. The Morgan fingerprint density at radius 3 is 2.06 bits per heavy atom. The van der Waals surface area contributed by atoms with E-state index in [4.69, 9.17) is 5.11 Å². The van der Waals surface area contributed by atoms with E-state index in [-0.39, 0.29) is 17.2 Å². The Morgan fingerprint density at radius 2 is 1.45 bits per heavy atom. The Kier molecular flexibility index (Phi) is 6.49. The summed E-state index contributed by atoms with van der Waals surface area (Å²) in [6.45, 7) is 4.85. The number of hydrogen-bond donors (Lipinski definition) is 3. The van der Waals surface area contributed by atoms with Crippen LogP contribution in [-0.4, -0.2) is 48.3 Å². The third-order valence-corrected chi connectivity index (χ3v) is 5.98. The van der Waals surface area contributed by atoms with Crippen LogP contribution in [0.5, 0.6) is 5.75 Å².